The number of methoxy groups -OCH3 is 1. The van der Waals surface area contributed by atoms with Gasteiger partial charge in [-0.25, -0.2) is 0 Å². The Labute approximate surface area is 94.0 Å². The van der Waals surface area contributed by atoms with E-state index in [1.54, 1.807) is 7.05 Å². The summed E-state index contributed by atoms with van der Waals surface area (Å²) in [7, 11) is 3.16. The van der Waals surface area contributed by atoms with Gasteiger partial charge in [-0.05, 0) is 6.07 Å². The van der Waals surface area contributed by atoms with Gasteiger partial charge in [0, 0.05) is 19.7 Å². The lowest BCUT2D eigenvalue weighted by atomic mass is 9.92. The number of para-hydroxylation sites is 1. The number of rotatable bonds is 2. The summed E-state index contributed by atoms with van der Waals surface area (Å²) in [6.07, 6.45) is 0.0314. The zero-order chi connectivity index (χ0) is 11.8. The molecule has 0 fully saturated rings. The van der Waals surface area contributed by atoms with Gasteiger partial charge in [0.1, 0.15) is 0 Å². The number of carbonyl (C=O) groups is 1. The molecule has 4 nitrogen and oxygen atoms in total. The average Bonchev–Trinajstić information content (AvgIpc) is 2.53. The van der Waals surface area contributed by atoms with Crippen molar-refractivity contribution in [3.8, 4) is 6.07 Å². The highest BCUT2D eigenvalue weighted by molar-refractivity contribution is 6.06. The van der Waals surface area contributed by atoms with Crippen LogP contribution in [0.4, 0.5) is 5.69 Å². The molecule has 0 radical (unpaired) electrons. The number of anilines is 1. The maximum atomic E-state index is 12.2. The summed E-state index contributed by atoms with van der Waals surface area (Å²) >= 11 is 0. The molecule has 1 aromatic carbocycles. The fraction of sp³-hybridized carbons (Fsp3) is 0.333. The molecule has 1 atom stereocenters. The van der Waals surface area contributed by atoms with Crippen LogP contribution < -0.4 is 4.90 Å². The fourth-order valence-corrected chi connectivity index (χ4v) is 2.15. The molecule has 1 aliphatic heterocycles. The quantitative estimate of drug-likeness (QED) is 0.751. The van der Waals surface area contributed by atoms with Crippen LogP contribution >= 0.6 is 0 Å². The molecule has 1 aromatic rings. The maximum absolute atomic E-state index is 12.2. The van der Waals surface area contributed by atoms with E-state index < -0.39 is 5.60 Å². The van der Waals surface area contributed by atoms with Crippen molar-refractivity contribution in [3.63, 3.8) is 0 Å². The topological polar surface area (TPSA) is 53.3 Å². The van der Waals surface area contributed by atoms with Gasteiger partial charge in [-0.1, -0.05) is 18.2 Å². The van der Waals surface area contributed by atoms with E-state index >= 15 is 0 Å². The van der Waals surface area contributed by atoms with E-state index in [9.17, 15) is 4.79 Å². The number of ether oxygens (including phenoxy) is 1. The minimum absolute atomic E-state index is 0.0314. The molecule has 0 saturated heterocycles. The highest BCUT2D eigenvalue weighted by atomic mass is 16.5. The molecule has 1 aliphatic rings. The highest BCUT2D eigenvalue weighted by Crippen LogP contribution is 2.43. The third kappa shape index (κ3) is 1.15. The molecule has 0 N–H and O–H groups in total. The summed E-state index contributed by atoms with van der Waals surface area (Å²) in [5.41, 5.74) is 0.455. The van der Waals surface area contributed by atoms with Gasteiger partial charge >= 0.3 is 0 Å². The number of carbonyl (C=O) groups excluding carboxylic acids is 1. The van der Waals surface area contributed by atoms with Crippen LogP contribution in [0.2, 0.25) is 0 Å². The molecule has 16 heavy (non-hydrogen) atoms. The molecule has 0 unspecified atom stereocenters. The summed E-state index contributed by atoms with van der Waals surface area (Å²) in [6.45, 7) is 0. The van der Waals surface area contributed by atoms with E-state index in [1.165, 1.54) is 12.0 Å². The lowest BCUT2D eigenvalue weighted by molar-refractivity contribution is -0.139. The Balaban J connectivity index is 2.64. The number of hydrogen-bond acceptors (Lipinski definition) is 3. The number of hydrogen-bond donors (Lipinski definition) is 0. The fourth-order valence-electron chi connectivity index (χ4n) is 2.15. The SMILES string of the molecule is CO[C@@]1(CC#N)C(=O)N(C)c2ccccc21. The van der Waals surface area contributed by atoms with Crippen molar-refractivity contribution >= 4 is 11.6 Å². The smallest absolute Gasteiger partial charge is 0.264 e. The first-order valence-corrected chi connectivity index (χ1v) is 4.97. The second-order valence-electron chi connectivity index (χ2n) is 3.75. The van der Waals surface area contributed by atoms with Crippen molar-refractivity contribution < 1.29 is 9.53 Å². The second-order valence-corrected chi connectivity index (χ2v) is 3.75. The predicted octanol–water partition coefficient (Wildman–Crippen LogP) is 1.42. The van der Waals surface area contributed by atoms with E-state index in [-0.39, 0.29) is 12.3 Å². The van der Waals surface area contributed by atoms with Crippen LogP contribution in [0.3, 0.4) is 0 Å². The Bertz CT molecular complexity index is 478. The number of nitrogens with zero attached hydrogens (tertiary/aromatic N) is 2. The lowest BCUT2D eigenvalue weighted by Gasteiger charge is -2.23. The van der Waals surface area contributed by atoms with Crippen LogP contribution in [0.5, 0.6) is 0 Å². The molecule has 1 heterocycles. The first-order valence-electron chi connectivity index (χ1n) is 4.97. The average molecular weight is 216 g/mol. The third-order valence-corrected chi connectivity index (χ3v) is 3.03. The van der Waals surface area contributed by atoms with Crippen molar-refractivity contribution in [2.45, 2.75) is 12.0 Å². The van der Waals surface area contributed by atoms with E-state index in [2.05, 4.69) is 0 Å². The molecule has 0 aromatic heterocycles. The minimum Gasteiger partial charge on any atom is -0.362 e. The monoisotopic (exact) mass is 216 g/mol. The van der Waals surface area contributed by atoms with Gasteiger partial charge in [0.25, 0.3) is 5.91 Å². The number of benzene rings is 1. The highest BCUT2D eigenvalue weighted by Gasteiger charge is 2.50. The first kappa shape index (κ1) is 10.7. The third-order valence-electron chi connectivity index (χ3n) is 3.03. The van der Waals surface area contributed by atoms with Crippen LogP contribution in [-0.4, -0.2) is 20.1 Å². The molecular formula is C12H12N2O2. The summed E-state index contributed by atoms with van der Waals surface area (Å²) in [4.78, 5) is 13.7. The molecule has 0 saturated carbocycles. The van der Waals surface area contributed by atoms with Crippen molar-refractivity contribution in [2.75, 3.05) is 19.1 Å². The van der Waals surface area contributed by atoms with E-state index in [0.29, 0.717) is 0 Å². The molecule has 0 spiro atoms. The van der Waals surface area contributed by atoms with Gasteiger partial charge in [-0.2, -0.15) is 5.26 Å². The minimum atomic E-state index is -1.12. The molecule has 0 bridgehead atoms. The lowest BCUT2D eigenvalue weighted by Crippen LogP contribution is -2.39. The zero-order valence-electron chi connectivity index (χ0n) is 9.23. The van der Waals surface area contributed by atoms with Gasteiger partial charge in [-0.3, -0.25) is 4.79 Å². The standard InChI is InChI=1S/C12H12N2O2/c1-14-10-6-4-3-5-9(10)12(16-2,7-8-13)11(14)15/h3-6H,7H2,1-2H3/t12-/m1/s1. The van der Waals surface area contributed by atoms with Gasteiger partial charge in [-0.15, -0.1) is 0 Å². The van der Waals surface area contributed by atoms with E-state index in [0.717, 1.165) is 11.3 Å². The number of nitriles is 1. The van der Waals surface area contributed by atoms with Crippen LogP contribution in [-0.2, 0) is 15.1 Å². The van der Waals surface area contributed by atoms with Crippen LogP contribution in [0.15, 0.2) is 24.3 Å². The van der Waals surface area contributed by atoms with Crippen molar-refractivity contribution in [1.29, 1.82) is 5.26 Å². The van der Waals surface area contributed by atoms with Crippen molar-refractivity contribution in [3.05, 3.63) is 29.8 Å². The van der Waals surface area contributed by atoms with Gasteiger partial charge in [0.2, 0.25) is 0 Å². The molecular weight excluding hydrogens is 204 g/mol. The van der Waals surface area contributed by atoms with Gasteiger partial charge < -0.3 is 9.64 Å². The summed E-state index contributed by atoms with van der Waals surface area (Å²) in [5.74, 6) is -0.183. The maximum Gasteiger partial charge on any atom is 0.264 e. The normalized spacial score (nSPS) is 23.1. The summed E-state index contributed by atoms with van der Waals surface area (Å²) in [5, 5.41) is 8.85. The van der Waals surface area contributed by atoms with Crippen LogP contribution in [0.25, 0.3) is 0 Å². The van der Waals surface area contributed by atoms with Gasteiger partial charge in [0.05, 0.1) is 18.2 Å². The number of amides is 1. The Morgan fingerprint density at radius 1 is 1.50 bits per heavy atom. The molecule has 4 heteroatoms. The van der Waals surface area contributed by atoms with E-state index in [1.807, 2.05) is 30.3 Å². The number of likely N-dealkylation sites (N-methyl/N-ethyl adjacent to an activating group) is 1. The Morgan fingerprint density at radius 2 is 2.19 bits per heavy atom. The predicted molar refractivity (Wildman–Crippen MR) is 58.8 cm³/mol. The Hall–Kier alpha value is -1.86. The molecule has 0 aliphatic carbocycles. The Morgan fingerprint density at radius 3 is 2.81 bits per heavy atom. The van der Waals surface area contributed by atoms with Gasteiger partial charge in [0.15, 0.2) is 5.60 Å². The van der Waals surface area contributed by atoms with Crippen LogP contribution in [0.1, 0.15) is 12.0 Å². The number of fused-ring (bicyclic) bond motifs is 1. The van der Waals surface area contributed by atoms with Crippen molar-refractivity contribution in [2.24, 2.45) is 0 Å². The Kier molecular flexibility index (Phi) is 2.41. The molecule has 2 rings (SSSR count). The second kappa shape index (κ2) is 3.62. The summed E-state index contributed by atoms with van der Waals surface area (Å²) < 4.78 is 5.33. The molecule has 82 valence electrons. The largest absolute Gasteiger partial charge is 0.362 e. The first-order chi connectivity index (χ1) is 7.67. The summed E-state index contributed by atoms with van der Waals surface area (Å²) in [6, 6.07) is 9.41. The zero-order valence-corrected chi connectivity index (χ0v) is 9.23. The van der Waals surface area contributed by atoms with Crippen LogP contribution in [0, 0.1) is 11.3 Å². The molecule has 1 amide bonds. The van der Waals surface area contributed by atoms with Crippen molar-refractivity contribution in [1.82, 2.24) is 0 Å². The van der Waals surface area contributed by atoms with E-state index in [4.69, 9.17) is 10.00 Å².